The SMILES string of the molecule is CCC(=O)N1CCN(c2nc(NC3COC3)cc(C(=O)NC[C@H](O)CN3CCc4cc(OCc5cnco5)ccc4C3)n2)CC1. The zero-order valence-electron chi connectivity index (χ0n) is 25.5. The fourth-order valence-corrected chi connectivity index (χ4v) is 5.64. The lowest BCUT2D eigenvalue weighted by atomic mass is 9.99. The van der Waals surface area contributed by atoms with Gasteiger partial charge in [-0.3, -0.25) is 14.5 Å². The number of hydrogen-bond acceptors (Lipinski definition) is 12. The third-order valence-electron chi connectivity index (χ3n) is 8.26. The maximum atomic E-state index is 13.2. The van der Waals surface area contributed by atoms with Gasteiger partial charge in [0.2, 0.25) is 11.9 Å². The molecule has 14 nitrogen and oxygen atoms in total. The molecule has 45 heavy (non-hydrogen) atoms. The normalized spacial score (nSPS) is 17.7. The Bertz CT molecular complexity index is 1460. The van der Waals surface area contributed by atoms with Crippen LogP contribution in [0.3, 0.4) is 0 Å². The van der Waals surface area contributed by atoms with Crippen LogP contribution in [-0.2, 0) is 29.1 Å². The van der Waals surface area contributed by atoms with E-state index in [1.165, 1.54) is 17.5 Å². The maximum Gasteiger partial charge on any atom is 0.270 e. The molecule has 6 rings (SSSR count). The molecule has 2 aromatic heterocycles. The van der Waals surface area contributed by atoms with Gasteiger partial charge in [-0.05, 0) is 29.7 Å². The molecule has 3 aliphatic heterocycles. The van der Waals surface area contributed by atoms with Crippen molar-refractivity contribution in [1.29, 1.82) is 0 Å². The molecule has 0 spiro atoms. The molecule has 14 heteroatoms. The van der Waals surface area contributed by atoms with Crippen LogP contribution >= 0.6 is 0 Å². The highest BCUT2D eigenvalue weighted by Gasteiger charge is 2.26. The van der Waals surface area contributed by atoms with E-state index in [1.807, 2.05) is 22.8 Å². The Morgan fingerprint density at radius 3 is 2.69 bits per heavy atom. The quantitative estimate of drug-likeness (QED) is 0.265. The van der Waals surface area contributed by atoms with Crippen LogP contribution in [0.5, 0.6) is 5.75 Å². The number of benzene rings is 1. The zero-order valence-corrected chi connectivity index (χ0v) is 25.5. The van der Waals surface area contributed by atoms with Crippen molar-refractivity contribution in [3.05, 3.63) is 59.4 Å². The minimum absolute atomic E-state index is 0.0902. The molecule has 5 heterocycles. The number of piperazine rings is 1. The smallest absolute Gasteiger partial charge is 0.270 e. The van der Waals surface area contributed by atoms with E-state index in [1.54, 1.807) is 12.3 Å². The molecular weight excluding hydrogens is 580 g/mol. The summed E-state index contributed by atoms with van der Waals surface area (Å²) in [5.74, 6) is 2.18. The largest absolute Gasteiger partial charge is 0.486 e. The number of oxazole rings is 1. The number of aliphatic hydroxyl groups is 1. The Balaban J connectivity index is 1.02. The molecule has 1 aromatic carbocycles. The van der Waals surface area contributed by atoms with Gasteiger partial charge in [-0.25, -0.2) is 9.97 Å². The van der Waals surface area contributed by atoms with Gasteiger partial charge in [-0.15, -0.1) is 0 Å². The number of β-amino-alcohol motifs (C(OH)–C–C–N with tert-alkyl or cyclic N) is 1. The first-order valence-corrected chi connectivity index (χ1v) is 15.5. The minimum atomic E-state index is -0.754. The molecular formula is C31H40N8O6. The summed E-state index contributed by atoms with van der Waals surface area (Å²) in [5.41, 5.74) is 2.63. The Kier molecular flexibility index (Phi) is 9.72. The Morgan fingerprint density at radius 2 is 1.96 bits per heavy atom. The van der Waals surface area contributed by atoms with Crippen LogP contribution < -0.4 is 20.3 Å². The van der Waals surface area contributed by atoms with E-state index in [4.69, 9.17) is 13.9 Å². The number of ether oxygens (including phenoxy) is 2. The first-order chi connectivity index (χ1) is 21.9. The van der Waals surface area contributed by atoms with Gasteiger partial charge in [0.15, 0.2) is 12.2 Å². The van der Waals surface area contributed by atoms with E-state index in [0.29, 0.717) is 83.0 Å². The van der Waals surface area contributed by atoms with Crippen LogP contribution in [0.2, 0.25) is 0 Å². The molecule has 0 bridgehead atoms. The van der Waals surface area contributed by atoms with E-state index >= 15 is 0 Å². The highest BCUT2D eigenvalue weighted by atomic mass is 16.5. The number of nitrogens with one attached hydrogen (secondary N) is 2. The molecule has 2 amide bonds. The van der Waals surface area contributed by atoms with Crippen molar-refractivity contribution in [3.8, 4) is 5.75 Å². The number of rotatable bonds is 12. The fourth-order valence-electron chi connectivity index (χ4n) is 5.64. The average Bonchev–Trinajstić information content (AvgIpc) is 3.58. The number of amides is 2. The monoisotopic (exact) mass is 620 g/mol. The van der Waals surface area contributed by atoms with Crippen LogP contribution in [0.1, 0.15) is 40.7 Å². The van der Waals surface area contributed by atoms with Crippen molar-refractivity contribution in [2.45, 2.75) is 45.1 Å². The lowest BCUT2D eigenvalue weighted by Gasteiger charge is -2.35. The van der Waals surface area contributed by atoms with E-state index < -0.39 is 6.10 Å². The number of fused-ring (bicyclic) bond motifs is 1. The molecule has 1 atom stereocenters. The second kappa shape index (κ2) is 14.2. The summed E-state index contributed by atoms with van der Waals surface area (Å²) in [6, 6.07) is 7.81. The topological polar surface area (TPSA) is 158 Å². The van der Waals surface area contributed by atoms with Crippen molar-refractivity contribution in [1.82, 2.24) is 30.1 Å². The van der Waals surface area contributed by atoms with Crippen molar-refractivity contribution in [2.24, 2.45) is 0 Å². The molecule has 0 saturated carbocycles. The van der Waals surface area contributed by atoms with Gasteiger partial charge in [-0.1, -0.05) is 13.0 Å². The molecule has 3 N–H and O–H groups in total. The number of aromatic nitrogens is 3. The molecule has 0 aliphatic carbocycles. The van der Waals surface area contributed by atoms with Crippen molar-refractivity contribution in [2.75, 3.05) is 69.2 Å². The number of nitrogens with zero attached hydrogens (tertiary/aromatic N) is 6. The fraction of sp³-hybridized carbons (Fsp3) is 0.516. The number of hydrogen-bond donors (Lipinski definition) is 3. The first kappa shape index (κ1) is 30.7. The third-order valence-corrected chi connectivity index (χ3v) is 8.26. The van der Waals surface area contributed by atoms with Crippen molar-refractivity contribution >= 4 is 23.6 Å². The van der Waals surface area contributed by atoms with Gasteiger partial charge < -0.3 is 39.4 Å². The highest BCUT2D eigenvalue weighted by Crippen LogP contribution is 2.25. The average molecular weight is 621 g/mol. The minimum Gasteiger partial charge on any atom is -0.486 e. The first-order valence-electron chi connectivity index (χ1n) is 15.5. The summed E-state index contributed by atoms with van der Waals surface area (Å²) >= 11 is 0. The lowest BCUT2D eigenvalue weighted by Crippen LogP contribution is -2.49. The van der Waals surface area contributed by atoms with E-state index in [9.17, 15) is 14.7 Å². The zero-order chi connectivity index (χ0) is 31.2. The van der Waals surface area contributed by atoms with Gasteiger partial charge in [0.1, 0.15) is 23.9 Å². The third kappa shape index (κ3) is 7.88. The van der Waals surface area contributed by atoms with E-state index in [-0.39, 0.29) is 30.1 Å². The Hall–Kier alpha value is -4.27. The molecule has 240 valence electrons. The van der Waals surface area contributed by atoms with Crippen molar-refractivity contribution < 1.29 is 28.6 Å². The van der Waals surface area contributed by atoms with Crippen LogP contribution in [-0.4, -0.2) is 113 Å². The second-order valence-corrected chi connectivity index (χ2v) is 11.6. The summed E-state index contributed by atoms with van der Waals surface area (Å²) in [4.78, 5) is 44.5. The van der Waals surface area contributed by atoms with Crippen molar-refractivity contribution in [3.63, 3.8) is 0 Å². The van der Waals surface area contributed by atoms with Gasteiger partial charge in [-0.2, -0.15) is 4.98 Å². The number of carbonyl (C=O) groups excluding carboxylic acids is 2. The molecule has 2 saturated heterocycles. The van der Waals surface area contributed by atoms with E-state index in [0.717, 1.165) is 18.7 Å². The standard InChI is InChI=1S/C31H40N8O6/c1-2-29(41)38-7-9-39(10-8-38)31-35-27(12-28(36-31)34-23-17-43-18-23)30(42)33-13-24(40)16-37-6-5-21-11-25(4-3-22(21)15-37)44-19-26-14-32-20-45-26/h3-4,11-12,14,20,23-24,40H,2,5-10,13,15-19H2,1H3,(H,33,42)(H,34,35,36)/t24-/m0/s1. The van der Waals surface area contributed by atoms with Crippen LogP contribution in [0.25, 0.3) is 0 Å². The number of aliphatic hydroxyl groups excluding tert-OH is 1. The van der Waals surface area contributed by atoms with Gasteiger partial charge >= 0.3 is 0 Å². The van der Waals surface area contributed by atoms with Crippen LogP contribution in [0.15, 0.2) is 41.3 Å². The predicted molar refractivity (Wildman–Crippen MR) is 164 cm³/mol. The maximum absolute atomic E-state index is 13.2. The van der Waals surface area contributed by atoms with Gasteiger partial charge in [0.05, 0.1) is 31.6 Å². The van der Waals surface area contributed by atoms with Crippen LogP contribution in [0, 0.1) is 0 Å². The van der Waals surface area contributed by atoms with Gasteiger partial charge in [0, 0.05) is 64.8 Å². The van der Waals surface area contributed by atoms with E-state index in [2.05, 4.69) is 42.6 Å². The summed E-state index contributed by atoms with van der Waals surface area (Å²) in [7, 11) is 0. The highest BCUT2D eigenvalue weighted by molar-refractivity contribution is 5.93. The molecule has 0 unspecified atom stereocenters. The second-order valence-electron chi connectivity index (χ2n) is 11.6. The number of carbonyl (C=O) groups is 2. The molecule has 3 aromatic rings. The van der Waals surface area contributed by atoms with Crippen LogP contribution in [0.4, 0.5) is 11.8 Å². The predicted octanol–water partition coefficient (Wildman–Crippen LogP) is 1.06. The number of anilines is 2. The summed E-state index contributed by atoms with van der Waals surface area (Å²) in [6.07, 6.45) is 3.57. The molecule has 0 radical (unpaired) electrons. The molecule has 2 fully saturated rings. The van der Waals surface area contributed by atoms with Gasteiger partial charge in [0.25, 0.3) is 5.91 Å². The Morgan fingerprint density at radius 1 is 1.11 bits per heavy atom. The summed E-state index contributed by atoms with van der Waals surface area (Å²) in [6.45, 7) is 7.66. The lowest BCUT2D eigenvalue weighted by molar-refractivity contribution is -0.131. The molecule has 3 aliphatic rings. The summed E-state index contributed by atoms with van der Waals surface area (Å²) in [5, 5.41) is 17.0. The summed E-state index contributed by atoms with van der Waals surface area (Å²) < 4.78 is 16.3. The Labute approximate surface area is 261 Å².